The SMILES string of the molecule is CC(C)NCc1ccccc1N(C)Cc1csc(Br)c1. The molecule has 2 nitrogen and oxygen atoms in total. The largest absolute Gasteiger partial charge is 0.370 e. The summed E-state index contributed by atoms with van der Waals surface area (Å²) < 4.78 is 1.19. The first-order chi connectivity index (χ1) is 9.56. The van der Waals surface area contributed by atoms with Crippen LogP contribution < -0.4 is 10.2 Å². The number of anilines is 1. The van der Waals surface area contributed by atoms with Gasteiger partial charge in [-0.2, -0.15) is 0 Å². The van der Waals surface area contributed by atoms with Crippen LogP contribution in [-0.2, 0) is 13.1 Å². The Morgan fingerprint density at radius 3 is 2.70 bits per heavy atom. The first kappa shape index (κ1) is 15.5. The van der Waals surface area contributed by atoms with Crippen molar-refractivity contribution in [2.24, 2.45) is 0 Å². The van der Waals surface area contributed by atoms with Crippen molar-refractivity contribution in [1.82, 2.24) is 5.32 Å². The minimum Gasteiger partial charge on any atom is -0.370 e. The van der Waals surface area contributed by atoms with E-state index in [1.54, 1.807) is 11.3 Å². The zero-order chi connectivity index (χ0) is 14.5. The molecule has 0 aliphatic heterocycles. The molecule has 0 aliphatic carbocycles. The first-order valence-corrected chi connectivity index (χ1v) is 8.49. The molecule has 2 aromatic rings. The number of rotatable bonds is 6. The van der Waals surface area contributed by atoms with Gasteiger partial charge in [-0.25, -0.2) is 0 Å². The summed E-state index contributed by atoms with van der Waals surface area (Å²) in [6.45, 7) is 6.19. The Hall–Kier alpha value is -0.840. The molecule has 0 saturated carbocycles. The highest BCUT2D eigenvalue weighted by Crippen LogP contribution is 2.25. The highest BCUT2D eigenvalue weighted by Gasteiger charge is 2.08. The van der Waals surface area contributed by atoms with Gasteiger partial charge in [-0.05, 0) is 44.6 Å². The van der Waals surface area contributed by atoms with E-state index in [0.29, 0.717) is 6.04 Å². The lowest BCUT2D eigenvalue weighted by atomic mass is 10.1. The second-order valence-electron chi connectivity index (χ2n) is 5.28. The highest BCUT2D eigenvalue weighted by molar-refractivity contribution is 9.11. The predicted octanol–water partition coefficient (Wildman–Crippen LogP) is 4.65. The summed E-state index contributed by atoms with van der Waals surface area (Å²) in [7, 11) is 2.15. The summed E-state index contributed by atoms with van der Waals surface area (Å²) in [6, 6.07) is 11.3. The molecule has 1 aromatic heterocycles. The summed E-state index contributed by atoms with van der Waals surface area (Å²) in [6.07, 6.45) is 0. The quantitative estimate of drug-likeness (QED) is 0.814. The van der Waals surface area contributed by atoms with Crippen LogP contribution in [0.2, 0.25) is 0 Å². The second-order valence-corrected chi connectivity index (χ2v) is 7.57. The molecule has 0 atom stereocenters. The van der Waals surface area contributed by atoms with Gasteiger partial charge in [0.05, 0.1) is 3.79 Å². The average Bonchev–Trinajstić information content (AvgIpc) is 2.82. The van der Waals surface area contributed by atoms with Crippen LogP contribution in [0.5, 0.6) is 0 Å². The van der Waals surface area contributed by atoms with Crippen molar-refractivity contribution in [3.8, 4) is 0 Å². The fourth-order valence-electron chi connectivity index (χ4n) is 2.13. The standard InChI is InChI=1S/C16H21BrN2S/c1-12(2)18-9-14-6-4-5-7-15(14)19(3)10-13-8-16(17)20-11-13/h4-8,11-12,18H,9-10H2,1-3H3. The van der Waals surface area contributed by atoms with Gasteiger partial charge in [-0.3, -0.25) is 0 Å². The number of benzene rings is 1. The summed E-state index contributed by atoms with van der Waals surface area (Å²) in [5.74, 6) is 0. The van der Waals surface area contributed by atoms with Crippen LogP contribution in [-0.4, -0.2) is 13.1 Å². The molecule has 1 N–H and O–H groups in total. The van der Waals surface area contributed by atoms with E-state index in [0.717, 1.165) is 13.1 Å². The van der Waals surface area contributed by atoms with E-state index in [1.807, 2.05) is 0 Å². The zero-order valence-electron chi connectivity index (χ0n) is 12.2. The van der Waals surface area contributed by atoms with Crippen molar-refractivity contribution in [2.75, 3.05) is 11.9 Å². The molecular formula is C16H21BrN2S. The van der Waals surface area contributed by atoms with Gasteiger partial charge in [-0.15, -0.1) is 11.3 Å². The van der Waals surface area contributed by atoms with E-state index in [2.05, 4.69) is 82.8 Å². The molecule has 0 aliphatic rings. The maximum absolute atomic E-state index is 3.52. The van der Waals surface area contributed by atoms with E-state index in [1.165, 1.54) is 20.6 Å². The molecule has 20 heavy (non-hydrogen) atoms. The van der Waals surface area contributed by atoms with Crippen molar-refractivity contribution in [3.63, 3.8) is 0 Å². The average molecular weight is 353 g/mol. The lowest BCUT2D eigenvalue weighted by Gasteiger charge is -2.23. The van der Waals surface area contributed by atoms with Gasteiger partial charge >= 0.3 is 0 Å². The molecule has 0 saturated heterocycles. The van der Waals surface area contributed by atoms with Crippen LogP contribution in [0.15, 0.2) is 39.5 Å². The fourth-order valence-corrected chi connectivity index (χ4v) is 3.33. The topological polar surface area (TPSA) is 15.3 Å². The van der Waals surface area contributed by atoms with Gasteiger partial charge in [0.1, 0.15) is 0 Å². The van der Waals surface area contributed by atoms with Crippen molar-refractivity contribution >= 4 is 33.0 Å². The van der Waals surface area contributed by atoms with E-state index in [-0.39, 0.29) is 0 Å². The minimum absolute atomic E-state index is 0.501. The predicted molar refractivity (Wildman–Crippen MR) is 92.5 cm³/mol. The van der Waals surface area contributed by atoms with Gasteiger partial charge in [0.15, 0.2) is 0 Å². The number of nitrogens with one attached hydrogen (secondary N) is 1. The molecule has 0 radical (unpaired) electrons. The Balaban J connectivity index is 2.10. The van der Waals surface area contributed by atoms with Crippen LogP contribution in [0.1, 0.15) is 25.0 Å². The van der Waals surface area contributed by atoms with Gasteiger partial charge in [0.2, 0.25) is 0 Å². The fraction of sp³-hybridized carbons (Fsp3) is 0.375. The third-order valence-electron chi connectivity index (χ3n) is 3.15. The van der Waals surface area contributed by atoms with Crippen LogP contribution in [0.25, 0.3) is 0 Å². The maximum atomic E-state index is 3.52. The number of thiophene rings is 1. The van der Waals surface area contributed by atoms with E-state index in [9.17, 15) is 0 Å². The maximum Gasteiger partial charge on any atom is 0.0701 e. The molecule has 2 rings (SSSR count). The van der Waals surface area contributed by atoms with E-state index in [4.69, 9.17) is 0 Å². The molecular weight excluding hydrogens is 332 g/mol. The number of hydrogen-bond acceptors (Lipinski definition) is 3. The molecule has 0 unspecified atom stereocenters. The third-order valence-corrected chi connectivity index (χ3v) is 4.70. The van der Waals surface area contributed by atoms with Crippen LogP contribution in [0.4, 0.5) is 5.69 Å². The summed E-state index contributed by atoms with van der Waals surface area (Å²) in [5.41, 5.74) is 3.98. The summed E-state index contributed by atoms with van der Waals surface area (Å²) in [4.78, 5) is 2.31. The number of hydrogen-bond donors (Lipinski definition) is 1. The second kappa shape index (κ2) is 7.25. The highest BCUT2D eigenvalue weighted by atomic mass is 79.9. The van der Waals surface area contributed by atoms with E-state index >= 15 is 0 Å². The molecule has 108 valence electrons. The number of nitrogens with zero attached hydrogens (tertiary/aromatic N) is 1. The van der Waals surface area contributed by atoms with Crippen molar-refractivity contribution < 1.29 is 0 Å². The van der Waals surface area contributed by atoms with E-state index < -0.39 is 0 Å². The van der Waals surface area contributed by atoms with Crippen LogP contribution in [0, 0.1) is 0 Å². The Labute approximate surface area is 133 Å². The first-order valence-electron chi connectivity index (χ1n) is 6.81. The van der Waals surface area contributed by atoms with Crippen molar-refractivity contribution in [3.05, 3.63) is 50.6 Å². The lowest BCUT2D eigenvalue weighted by Crippen LogP contribution is -2.24. The molecule has 4 heteroatoms. The number of para-hydroxylation sites is 1. The minimum atomic E-state index is 0.501. The molecule has 0 amide bonds. The molecule has 0 bridgehead atoms. The lowest BCUT2D eigenvalue weighted by molar-refractivity contribution is 0.588. The molecule has 0 spiro atoms. The third kappa shape index (κ3) is 4.33. The van der Waals surface area contributed by atoms with Crippen LogP contribution in [0.3, 0.4) is 0 Å². The Morgan fingerprint density at radius 2 is 2.05 bits per heavy atom. The molecule has 1 aromatic carbocycles. The van der Waals surface area contributed by atoms with Gasteiger partial charge < -0.3 is 10.2 Å². The smallest absolute Gasteiger partial charge is 0.0701 e. The van der Waals surface area contributed by atoms with Crippen molar-refractivity contribution in [2.45, 2.75) is 33.0 Å². The zero-order valence-corrected chi connectivity index (χ0v) is 14.6. The normalized spacial score (nSPS) is 11.1. The van der Waals surface area contributed by atoms with Gasteiger partial charge in [0.25, 0.3) is 0 Å². The Kier molecular flexibility index (Phi) is 5.64. The Bertz CT molecular complexity index is 551. The Morgan fingerprint density at radius 1 is 1.30 bits per heavy atom. The molecule has 0 fully saturated rings. The van der Waals surface area contributed by atoms with Crippen molar-refractivity contribution in [1.29, 1.82) is 0 Å². The molecule has 1 heterocycles. The monoisotopic (exact) mass is 352 g/mol. The summed E-state index contributed by atoms with van der Waals surface area (Å²) in [5, 5.41) is 5.70. The van der Waals surface area contributed by atoms with Gasteiger partial charge in [0, 0.05) is 31.9 Å². The number of halogens is 1. The van der Waals surface area contributed by atoms with Crippen LogP contribution >= 0.6 is 27.3 Å². The summed E-state index contributed by atoms with van der Waals surface area (Å²) >= 11 is 5.26. The van der Waals surface area contributed by atoms with Gasteiger partial charge in [-0.1, -0.05) is 32.0 Å².